The molecule has 2 saturated heterocycles. The van der Waals surface area contributed by atoms with E-state index < -0.39 is 0 Å². The zero-order valence-electron chi connectivity index (χ0n) is 14.0. The Morgan fingerprint density at radius 1 is 1.25 bits per heavy atom. The summed E-state index contributed by atoms with van der Waals surface area (Å²) < 4.78 is 11.6. The summed E-state index contributed by atoms with van der Waals surface area (Å²) in [5.74, 6) is 0.833. The van der Waals surface area contributed by atoms with Crippen LogP contribution in [0.15, 0.2) is 24.3 Å². The standard InChI is InChI=1S/C18H26N2O3.ClH/c21-18(14-6-5-10-19-12-14)20-16-8-1-2-9-17(16)23-13-15-7-3-4-11-22-15;/h1-2,8-9,14-15,19H,3-7,10-13H2,(H,20,21);1H. The van der Waals surface area contributed by atoms with E-state index in [1.165, 1.54) is 6.42 Å². The van der Waals surface area contributed by atoms with E-state index in [2.05, 4.69) is 10.6 Å². The molecule has 2 unspecified atom stereocenters. The third-order valence-corrected chi connectivity index (χ3v) is 4.51. The molecule has 3 rings (SSSR count). The number of halogens is 1. The largest absolute Gasteiger partial charge is 0.489 e. The first-order valence-corrected chi connectivity index (χ1v) is 8.68. The van der Waals surface area contributed by atoms with Gasteiger partial charge in [-0.25, -0.2) is 0 Å². The third kappa shape index (κ3) is 5.36. The lowest BCUT2D eigenvalue weighted by molar-refractivity contribution is -0.120. The van der Waals surface area contributed by atoms with Crippen molar-refractivity contribution in [3.8, 4) is 5.75 Å². The predicted octanol–water partition coefficient (Wildman–Crippen LogP) is 2.99. The summed E-state index contributed by atoms with van der Waals surface area (Å²) in [6, 6.07) is 7.64. The molecule has 0 aliphatic carbocycles. The molecule has 2 fully saturated rings. The number of rotatable bonds is 5. The van der Waals surface area contributed by atoms with Gasteiger partial charge in [-0.2, -0.15) is 0 Å². The third-order valence-electron chi connectivity index (χ3n) is 4.51. The maximum absolute atomic E-state index is 12.4. The Bertz CT molecular complexity index is 515. The van der Waals surface area contributed by atoms with E-state index in [4.69, 9.17) is 9.47 Å². The van der Waals surface area contributed by atoms with Crippen LogP contribution in [0.5, 0.6) is 5.75 Å². The predicted molar refractivity (Wildman–Crippen MR) is 97.0 cm³/mol. The summed E-state index contributed by atoms with van der Waals surface area (Å²) in [5, 5.41) is 6.30. The molecule has 1 aromatic rings. The van der Waals surface area contributed by atoms with Gasteiger partial charge >= 0.3 is 0 Å². The van der Waals surface area contributed by atoms with Crippen molar-refractivity contribution in [2.24, 2.45) is 5.92 Å². The van der Waals surface area contributed by atoms with Crippen molar-refractivity contribution in [1.82, 2.24) is 5.32 Å². The molecule has 134 valence electrons. The average molecular weight is 355 g/mol. The molecular weight excluding hydrogens is 328 g/mol. The second-order valence-corrected chi connectivity index (χ2v) is 6.33. The van der Waals surface area contributed by atoms with Gasteiger partial charge in [0.25, 0.3) is 0 Å². The molecule has 1 aromatic carbocycles. The summed E-state index contributed by atoms with van der Waals surface area (Å²) >= 11 is 0. The van der Waals surface area contributed by atoms with Crippen LogP contribution in [0.25, 0.3) is 0 Å². The fourth-order valence-electron chi connectivity index (χ4n) is 3.13. The minimum Gasteiger partial charge on any atom is -0.489 e. The molecule has 2 aliphatic heterocycles. The summed E-state index contributed by atoms with van der Waals surface area (Å²) in [6.45, 7) is 3.12. The van der Waals surface area contributed by atoms with Gasteiger partial charge in [0.1, 0.15) is 12.4 Å². The number of piperidine rings is 1. The van der Waals surface area contributed by atoms with Crippen molar-refractivity contribution in [3.63, 3.8) is 0 Å². The lowest BCUT2D eigenvalue weighted by atomic mass is 9.99. The van der Waals surface area contributed by atoms with E-state index in [-0.39, 0.29) is 30.3 Å². The fourth-order valence-corrected chi connectivity index (χ4v) is 3.13. The molecule has 1 amide bonds. The summed E-state index contributed by atoms with van der Waals surface area (Å²) in [7, 11) is 0. The van der Waals surface area contributed by atoms with Crippen molar-refractivity contribution >= 4 is 24.0 Å². The number of carbonyl (C=O) groups excluding carboxylic acids is 1. The van der Waals surface area contributed by atoms with E-state index in [1.807, 2.05) is 24.3 Å². The van der Waals surface area contributed by atoms with Crippen LogP contribution in [0.2, 0.25) is 0 Å². The van der Waals surface area contributed by atoms with Gasteiger partial charge in [0.05, 0.1) is 17.7 Å². The average Bonchev–Trinajstić information content (AvgIpc) is 2.62. The molecule has 2 aliphatic rings. The molecular formula is C18H27ClN2O3. The van der Waals surface area contributed by atoms with Crippen LogP contribution in [0.4, 0.5) is 5.69 Å². The topological polar surface area (TPSA) is 59.6 Å². The van der Waals surface area contributed by atoms with E-state index >= 15 is 0 Å². The minimum atomic E-state index is 0. The van der Waals surface area contributed by atoms with Crippen LogP contribution >= 0.6 is 12.4 Å². The van der Waals surface area contributed by atoms with Crippen LogP contribution in [0.1, 0.15) is 32.1 Å². The first-order chi connectivity index (χ1) is 11.3. The minimum absolute atomic E-state index is 0. The van der Waals surface area contributed by atoms with Crippen LogP contribution in [-0.2, 0) is 9.53 Å². The highest BCUT2D eigenvalue weighted by Gasteiger charge is 2.22. The van der Waals surface area contributed by atoms with Crippen molar-refractivity contribution in [3.05, 3.63) is 24.3 Å². The molecule has 0 aromatic heterocycles. The molecule has 2 heterocycles. The van der Waals surface area contributed by atoms with Gasteiger partial charge in [0.15, 0.2) is 0 Å². The van der Waals surface area contributed by atoms with Gasteiger partial charge in [-0.3, -0.25) is 4.79 Å². The van der Waals surface area contributed by atoms with Gasteiger partial charge in [0, 0.05) is 13.2 Å². The van der Waals surface area contributed by atoms with Crippen molar-refractivity contribution < 1.29 is 14.3 Å². The first-order valence-electron chi connectivity index (χ1n) is 8.68. The van der Waals surface area contributed by atoms with E-state index in [9.17, 15) is 4.79 Å². The lowest BCUT2D eigenvalue weighted by Crippen LogP contribution is -2.37. The zero-order chi connectivity index (χ0) is 15.9. The SMILES string of the molecule is Cl.O=C(Nc1ccccc1OCC1CCCCO1)C1CCCNC1. The number of hydrogen-bond donors (Lipinski definition) is 2. The Kier molecular flexibility index (Phi) is 7.82. The first kappa shape index (κ1) is 19.0. The highest BCUT2D eigenvalue weighted by atomic mass is 35.5. The van der Waals surface area contributed by atoms with Gasteiger partial charge in [-0.1, -0.05) is 12.1 Å². The zero-order valence-corrected chi connectivity index (χ0v) is 14.8. The monoisotopic (exact) mass is 354 g/mol. The van der Waals surface area contributed by atoms with Crippen LogP contribution in [0, 0.1) is 5.92 Å². The quantitative estimate of drug-likeness (QED) is 0.853. The van der Waals surface area contributed by atoms with E-state index in [1.54, 1.807) is 0 Å². The molecule has 24 heavy (non-hydrogen) atoms. The number of carbonyl (C=O) groups is 1. The number of benzene rings is 1. The second-order valence-electron chi connectivity index (χ2n) is 6.33. The maximum atomic E-state index is 12.4. The fraction of sp³-hybridized carbons (Fsp3) is 0.611. The van der Waals surface area contributed by atoms with Gasteiger partial charge < -0.3 is 20.1 Å². The highest BCUT2D eigenvalue weighted by molar-refractivity contribution is 5.94. The smallest absolute Gasteiger partial charge is 0.228 e. The molecule has 0 spiro atoms. The molecule has 0 radical (unpaired) electrons. The number of hydrogen-bond acceptors (Lipinski definition) is 4. The molecule has 0 saturated carbocycles. The molecule has 6 heteroatoms. The van der Waals surface area contributed by atoms with Crippen LogP contribution in [0.3, 0.4) is 0 Å². The molecule has 5 nitrogen and oxygen atoms in total. The van der Waals surface area contributed by atoms with Crippen molar-refractivity contribution in [1.29, 1.82) is 0 Å². The molecule has 2 atom stereocenters. The second kappa shape index (κ2) is 9.87. The Labute approximate surface area is 149 Å². The number of nitrogens with one attached hydrogen (secondary N) is 2. The Morgan fingerprint density at radius 2 is 2.12 bits per heavy atom. The molecule has 2 N–H and O–H groups in total. The van der Waals surface area contributed by atoms with Gasteiger partial charge in [-0.05, 0) is 50.8 Å². The van der Waals surface area contributed by atoms with Gasteiger partial charge in [0.2, 0.25) is 5.91 Å². The van der Waals surface area contributed by atoms with Crippen LogP contribution in [-0.4, -0.2) is 38.3 Å². The van der Waals surface area contributed by atoms with Crippen molar-refractivity contribution in [2.75, 3.05) is 31.6 Å². The summed E-state index contributed by atoms with van der Waals surface area (Å²) in [4.78, 5) is 12.4. The summed E-state index contributed by atoms with van der Waals surface area (Å²) in [6.07, 6.45) is 5.53. The highest BCUT2D eigenvalue weighted by Crippen LogP contribution is 2.26. The van der Waals surface area contributed by atoms with E-state index in [0.717, 1.165) is 56.8 Å². The lowest BCUT2D eigenvalue weighted by Gasteiger charge is -2.24. The maximum Gasteiger partial charge on any atom is 0.228 e. The number of ether oxygens (including phenoxy) is 2. The van der Waals surface area contributed by atoms with Crippen molar-refractivity contribution in [2.45, 2.75) is 38.2 Å². The number of anilines is 1. The Balaban J connectivity index is 0.00000208. The molecule has 0 bridgehead atoms. The number of amides is 1. The summed E-state index contributed by atoms with van der Waals surface area (Å²) in [5.41, 5.74) is 0.749. The number of para-hydroxylation sites is 2. The normalized spacial score (nSPS) is 23.8. The van der Waals surface area contributed by atoms with Gasteiger partial charge in [-0.15, -0.1) is 12.4 Å². The van der Waals surface area contributed by atoms with Crippen LogP contribution < -0.4 is 15.4 Å². The Hall–Kier alpha value is -1.30. The van der Waals surface area contributed by atoms with E-state index in [0.29, 0.717) is 6.61 Å². The Morgan fingerprint density at radius 3 is 2.88 bits per heavy atom.